The summed E-state index contributed by atoms with van der Waals surface area (Å²) in [5.74, 6) is 0. The van der Waals surface area contributed by atoms with Crippen LogP contribution in [-0.2, 0) is 0 Å². The highest BCUT2D eigenvalue weighted by Crippen LogP contribution is 2.13. The van der Waals surface area contributed by atoms with Gasteiger partial charge >= 0.3 is 0 Å². The molecule has 2 aromatic heterocycles. The minimum absolute atomic E-state index is 0.663. The van der Waals surface area contributed by atoms with E-state index in [9.17, 15) is 0 Å². The van der Waals surface area contributed by atoms with Crippen LogP contribution in [0.25, 0.3) is 21.8 Å². The van der Waals surface area contributed by atoms with Gasteiger partial charge in [0.15, 0.2) is 0 Å². The third-order valence-corrected chi connectivity index (χ3v) is 4.09. The Morgan fingerprint density at radius 2 is 1.15 bits per heavy atom. The zero-order chi connectivity index (χ0) is 17.6. The van der Waals surface area contributed by atoms with Gasteiger partial charge in [0.05, 0.1) is 24.1 Å². The van der Waals surface area contributed by atoms with Crippen molar-refractivity contribution in [1.82, 2.24) is 9.97 Å². The van der Waals surface area contributed by atoms with Crippen LogP contribution in [0.3, 0.4) is 0 Å². The zero-order valence-corrected chi connectivity index (χ0v) is 14.3. The van der Waals surface area contributed by atoms with Crippen LogP contribution in [0.15, 0.2) is 83.0 Å². The van der Waals surface area contributed by atoms with Gasteiger partial charge in [0, 0.05) is 35.6 Å². The molecule has 4 heteroatoms. The Morgan fingerprint density at radius 3 is 1.65 bits per heavy atom. The number of rotatable bonds is 5. The Hall–Kier alpha value is -3.40. The Bertz CT molecular complexity index is 1010. The number of fused-ring (bicyclic) bond motifs is 2. The summed E-state index contributed by atoms with van der Waals surface area (Å²) < 4.78 is 0. The van der Waals surface area contributed by atoms with E-state index in [1.165, 1.54) is 0 Å². The lowest BCUT2D eigenvalue weighted by molar-refractivity contribution is 0.985. The molecule has 0 atom stereocenters. The predicted octanol–water partition coefficient (Wildman–Crippen LogP) is 4.32. The first kappa shape index (κ1) is 16.1. The fourth-order valence-corrected chi connectivity index (χ4v) is 2.80. The molecule has 4 nitrogen and oxygen atoms in total. The molecule has 2 heterocycles. The van der Waals surface area contributed by atoms with Gasteiger partial charge in [-0.15, -0.1) is 0 Å². The maximum absolute atomic E-state index is 4.46. The van der Waals surface area contributed by atoms with Gasteiger partial charge in [-0.1, -0.05) is 24.3 Å². The standard InChI is InChI=1S/C22H18N4/c1-3-19-13-17(5-7-21(19)25-9-1)15-23-11-12-24-16-18-6-8-22-20(14-18)4-2-10-26-22/h1-10,13-16H,11-12H2. The van der Waals surface area contributed by atoms with E-state index in [1.807, 2.05) is 48.8 Å². The van der Waals surface area contributed by atoms with Gasteiger partial charge in [0.2, 0.25) is 0 Å². The Balaban J connectivity index is 1.34. The molecule has 4 rings (SSSR count). The Kier molecular flexibility index (Phi) is 4.74. The van der Waals surface area contributed by atoms with Gasteiger partial charge in [-0.3, -0.25) is 20.0 Å². The van der Waals surface area contributed by atoms with E-state index in [1.54, 1.807) is 12.4 Å². The molecule has 0 aliphatic heterocycles. The van der Waals surface area contributed by atoms with Gasteiger partial charge < -0.3 is 0 Å². The van der Waals surface area contributed by atoms with Crippen molar-refractivity contribution in [1.29, 1.82) is 0 Å². The van der Waals surface area contributed by atoms with Gasteiger partial charge in [0.1, 0.15) is 0 Å². The lowest BCUT2D eigenvalue weighted by Gasteiger charge is -1.98. The number of pyridine rings is 2. The van der Waals surface area contributed by atoms with Crippen molar-refractivity contribution in [2.24, 2.45) is 9.98 Å². The van der Waals surface area contributed by atoms with Crippen molar-refractivity contribution in [3.8, 4) is 0 Å². The monoisotopic (exact) mass is 338 g/mol. The molecule has 0 spiro atoms. The number of aromatic nitrogens is 2. The van der Waals surface area contributed by atoms with Crippen LogP contribution in [0.4, 0.5) is 0 Å². The third-order valence-electron chi connectivity index (χ3n) is 4.09. The SMILES string of the molecule is C(=NCCN=Cc1ccc2ncccc2c1)c1ccc2ncccc2c1. The number of benzene rings is 2. The average molecular weight is 338 g/mol. The maximum Gasteiger partial charge on any atom is 0.0702 e. The van der Waals surface area contributed by atoms with Crippen molar-refractivity contribution in [2.45, 2.75) is 0 Å². The number of hydrogen-bond donors (Lipinski definition) is 0. The summed E-state index contributed by atoms with van der Waals surface area (Å²) in [5.41, 5.74) is 4.16. The van der Waals surface area contributed by atoms with E-state index in [4.69, 9.17) is 0 Å². The molecule has 0 fully saturated rings. The molecule has 4 aromatic rings. The van der Waals surface area contributed by atoms with Crippen molar-refractivity contribution < 1.29 is 0 Å². The molecule has 0 saturated carbocycles. The quantitative estimate of drug-likeness (QED) is 0.402. The summed E-state index contributed by atoms with van der Waals surface area (Å²) in [6.45, 7) is 1.33. The largest absolute Gasteiger partial charge is 0.291 e. The Labute approximate surface area is 152 Å². The smallest absolute Gasteiger partial charge is 0.0702 e. The van der Waals surface area contributed by atoms with Crippen LogP contribution in [0.2, 0.25) is 0 Å². The van der Waals surface area contributed by atoms with Crippen molar-refractivity contribution in [2.75, 3.05) is 13.1 Å². The molecule has 0 aliphatic carbocycles. The highest BCUT2D eigenvalue weighted by atomic mass is 14.8. The summed E-state index contributed by atoms with van der Waals surface area (Å²) in [6, 6.07) is 20.3. The summed E-state index contributed by atoms with van der Waals surface area (Å²) in [4.78, 5) is 17.6. The number of nitrogens with zero attached hydrogens (tertiary/aromatic N) is 4. The van der Waals surface area contributed by atoms with Crippen LogP contribution in [0.5, 0.6) is 0 Å². The molecule has 0 aliphatic rings. The molecular formula is C22H18N4. The minimum Gasteiger partial charge on any atom is -0.291 e. The second-order valence-corrected chi connectivity index (χ2v) is 5.98. The third kappa shape index (κ3) is 3.81. The van der Waals surface area contributed by atoms with E-state index in [2.05, 4.69) is 44.2 Å². The molecule has 0 bridgehead atoms. The van der Waals surface area contributed by atoms with Crippen LogP contribution < -0.4 is 0 Å². The minimum atomic E-state index is 0.663. The normalized spacial score (nSPS) is 11.8. The second-order valence-electron chi connectivity index (χ2n) is 5.98. The molecule has 0 radical (unpaired) electrons. The summed E-state index contributed by atoms with van der Waals surface area (Å²) >= 11 is 0. The van der Waals surface area contributed by atoms with Crippen molar-refractivity contribution in [3.63, 3.8) is 0 Å². The van der Waals surface area contributed by atoms with Gasteiger partial charge in [-0.05, 0) is 47.5 Å². The fourth-order valence-electron chi connectivity index (χ4n) is 2.80. The van der Waals surface area contributed by atoms with Crippen LogP contribution in [0, 0.1) is 0 Å². The maximum atomic E-state index is 4.46. The van der Waals surface area contributed by atoms with E-state index in [-0.39, 0.29) is 0 Å². The summed E-state index contributed by atoms with van der Waals surface area (Å²) in [7, 11) is 0. The first-order valence-corrected chi connectivity index (χ1v) is 8.58. The highest BCUT2D eigenvalue weighted by Gasteiger charge is 1.95. The van der Waals surface area contributed by atoms with E-state index >= 15 is 0 Å². The molecule has 0 unspecified atom stereocenters. The van der Waals surface area contributed by atoms with E-state index < -0.39 is 0 Å². The van der Waals surface area contributed by atoms with Crippen LogP contribution in [-0.4, -0.2) is 35.5 Å². The Morgan fingerprint density at radius 1 is 0.654 bits per heavy atom. The van der Waals surface area contributed by atoms with Gasteiger partial charge in [-0.25, -0.2) is 0 Å². The molecule has 0 amide bonds. The highest BCUT2D eigenvalue weighted by molar-refractivity contribution is 5.89. The molecule has 26 heavy (non-hydrogen) atoms. The van der Waals surface area contributed by atoms with E-state index in [0.29, 0.717) is 13.1 Å². The molecule has 0 saturated heterocycles. The number of aliphatic imine (C=N–C) groups is 2. The number of hydrogen-bond acceptors (Lipinski definition) is 4. The summed E-state index contributed by atoms with van der Waals surface area (Å²) in [5, 5.41) is 2.25. The molecule has 2 aromatic carbocycles. The van der Waals surface area contributed by atoms with Gasteiger partial charge in [0.25, 0.3) is 0 Å². The molecule has 0 N–H and O–H groups in total. The van der Waals surface area contributed by atoms with Crippen LogP contribution in [0.1, 0.15) is 11.1 Å². The van der Waals surface area contributed by atoms with Crippen LogP contribution >= 0.6 is 0 Å². The van der Waals surface area contributed by atoms with Gasteiger partial charge in [-0.2, -0.15) is 0 Å². The molecular weight excluding hydrogens is 320 g/mol. The van der Waals surface area contributed by atoms with Crippen molar-refractivity contribution >= 4 is 34.2 Å². The zero-order valence-electron chi connectivity index (χ0n) is 14.3. The fraction of sp³-hybridized carbons (Fsp3) is 0.0909. The first-order valence-electron chi connectivity index (χ1n) is 8.58. The lowest BCUT2D eigenvalue weighted by Crippen LogP contribution is -1.91. The summed E-state index contributed by atoms with van der Waals surface area (Å²) in [6.07, 6.45) is 7.40. The first-order chi connectivity index (χ1) is 12.9. The van der Waals surface area contributed by atoms with E-state index in [0.717, 1.165) is 32.9 Å². The lowest BCUT2D eigenvalue weighted by atomic mass is 10.1. The molecule has 126 valence electrons. The van der Waals surface area contributed by atoms with Crippen molar-refractivity contribution in [3.05, 3.63) is 84.2 Å². The predicted molar refractivity (Wildman–Crippen MR) is 108 cm³/mol. The average Bonchev–Trinajstić information content (AvgIpc) is 2.70. The second kappa shape index (κ2) is 7.66. The topological polar surface area (TPSA) is 50.5 Å².